The molecule has 0 atom stereocenters. The fourth-order valence-electron chi connectivity index (χ4n) is 4.84. The van der Waals surface area contributed by atoms with Crippen molar-refractivity contribution in [3.8, 4) is 5.75 Å². The second kappa shape index (κ2) is 18.9. The summed E-state index contributed by atoms with van der Waals surface area (Å²) in [5, 5.41) is 18.1. The number of azo groups is 1. The molecule has 0 fully saturated rings. The molecule has 2 aromatic carbocycles. The Labute approximate surface area is 226 Å². The zero-order valence-electron chi connectivity index (χ0n) is 23.8. The molecule has 206 valence electrons. The Morgan fingerprint density at radius 1 is 0.649 bits per heavy atom. The van der Waals surface area contributed by atoms with Crippen LogP contribution in [-0.2, 0) is 6.42 Å². The summed E-state index contributed by atoms with van der Waals surface area (Å²) in [6.07, 6.45) is 13.8. The average molecular weight is 511 g/mol. The van der Waals surface area contributed by atoms with Gasteiger partial charge in [-0.3, -0.25) is 0 Å². The zero-order chi connectivity index (χ0) is 26.6. The van der Waals surface area contributed by atoms with Gasteiger partial charge in [-0.2, -0.15) is 10.2 Å². The van der Waals surface area contributed by atoms with Crippen molar-refractivity contribution in [3.05, 3.63) is 54.1 Å². The van der Waals surface area contributed by atoms with Crippen molar-refractivity contribution in [1.29, 1.82) is 0 Å². The Hall–Kier alpha value is -2.24. The lowest BCUT2D eigenvalue weighted by atomic mass is 10.0. The highest BCUT2D eigenvalue weighted by Gasteiger charge is 2.21. The summed E-state index contributed by atoms with van der Waals surface area (Å²) in [4.78, 5) is 0. The van der Waals surface area contributed by atoms with Crippen LogP contribution >= 0.6 is 0 Å². The van der Waals surface area contributed by atoms with Crippen LogP contribution in [0, 0.1) is 0 Å². The van der Waals surface area contributed by atoms with Crippen molar-refractivity contribution >= 4 is 11.4 Å². The molecule has 0 unspecified atom stereocenters. The number of nitrogens with zero attached hydrogens (tertiary/aromatic N) is 3. The van der Waals surface area contributed by atoms with Crippen molar-refractivity contribution < 1.29 is 14.3 Å². The first kappa shape index (κ1) is 31.0. The summed E-state index contributed by atoms with van der Waals surface area (Å²) < 4.78 is 6.94. The number of quaternary nitrogens is 1. The van der Waals surface area contributed by atoms with Gasteiger partial charge >= 0.3 is 0 Å². The monoisotopic (exact) mass is 510 g/mol. The van der Waals surface area contributed by atoms with Crippen LogP contribution in [-0.4, -0.2) is 49.0 Å². The van der Waals surface area contributed by atoms with Gasteiger partial charge in [-0.25, -0.2) is 0 Å². The second-order valence-corrected chi connectivity index (χ2v) is 10.3. The molecule has 5 nitrogen and oxygen atoms in total. The third-order valence-corrected chi connectivity index (χ3v) is 7.58. The molecule has 0 spiro atoms. The quantitative estimate of drug-likeness (QED) is 0.104. The lowest BCUT2D eigenvalue weighted by molar-refractivity contribution is -0.925. The number of aliphatic hydroxyl groups is 1. The number of aryl methyl sites for hydroxylation is 1. The number of likely N-dealkylation sites (N-methyl/N-ethyl adjacent to an activating group) is 1. The minimum absolute atomic E-state index is 0.280. The van der Waals surface area contributed by atoms with Gasteiger partial charge in [-0.15, -0.1) is 0 Å². The number of hydrogen-bond acceptors (Lipinski definition) is 4. The van der Waals surface area contributed by atoms with Gasteiger partial charge in [0, 0.05) is 0 Å². The Balaban J connectivity index is 1.62. The number of aliphatic hydroxyl groups excluding tert-OH is 1. The van der Waals surface area contributed by atoms with E-state index in [0.29, 0.717) is 0 Å². The maximum Gasteiger partial charge on any atom is 0.119 e. The normalized spacial score (nSPS) is 11.9. The molecule has 0 aromatic heterocycles. The third kappa shape index (κ3) is 12.7. The molecule has 1 N–H and O–H groups in total. The maximum atomic E-state index is 9.36. The minimum Gasteiger partial charge on any atom is -0.494 e. The molecule has 5 heteroatoms. The summed E-state index contributed by atoms with van der Waals surface area (Å²) in [5.41, 5.74) is 3.10. The lowest BCUT2D eigenvalue weighted by Gasteiger charge is -2.36. The Morgan fingerprint density at radius 2 is 1.22 bits per heavy atom. The van der Waals surface area contributed by atoms with E-state index in [-0.39, 0.29) is 6.61 Å². The van der Waals surface area contributed by atoms with Crippen molar-refractivity contribution in [1.82, 2.24) is 0 Å². The van der Waals surface area contributed by atoms with Crippen LogP contribution in [0.1, 0.15) is 90.5 Å². The van der Waals surface area contributed by atoms with Gasteiger partial charge in [0.05, 0.1) is 44.2 Å². The number of hydrogen-bond donors (Lipinski definition) is 1. The van der Waals surface area contributed by atoms with E-state index in [9.17, 15) is 5.11 Å². The number of unbranched alkanes of at least 4 members (excludes halogenated alkanes) is 8. The van der Waals surface area contributed by atoms with Crippen LogP contribution in [0.5, 0.6) is 5.75 Å². The van der Waals surface area contributed by atoms with E-state index in [1.54, 1.807) is 0 Å². The molecule has 0 aliphatic carbocycles. The SMILES string of the molecule is CCCCCCCCc1ccc(N=Nc2ccc(OCCCCCC[N+](CC)(CC)CCO)cc2)cc1. The summed E-state index contributed by atoms with van der Waals surface area (Å²) in [7, 11) is 0. The highest BCUT2D eigenvalue weighted by atomic mass is 16.5. The molecule has 0 aliphatic rings. The highest BCUT2D eigenvalue weighted by Crippen LogP contribution is 2.22. The van der Waals surface area contributed by atoms with Gasteiger partial charge in [0.25, 0.3) is 0 Å². The van der Waals surface area contributed by atoms with Crippen molar-refractivity contribution in [2.45, 2.75) is 91.4 Å². The van der Waals surface area contributed by atoms with Crippen LogP contribution in [0.2, 0.25) is 0 Å². The first-order valence-electron chi connectivity index (χ1n) is 14.8. The van der Waals surface area contributed by atoms with Crippen LogP contribution < -0.4 is 4.74 Å². The van der Waals surface area contributed by atoms with Gasteiger partial charge in [0.1, 0.15) is 12.3 Å². The molecule has 2 rings (SSSR count). The molecule has 0 amide bonds. The van der Waals surface area contributed by atoms with E-state index in [4.69, 9.17) is 4.74 Å². The van der Waals surface area contributed by atoms with Gasteiger partial charge in [0.2, 0.25) is 0 Å². The molecule has 0 radical (unpaired) electrons. The first-order valence-corrected chi connectivity index (χ1v) is 14.8. The highest BCUT2D eigenvalue weighted by molar-refractivity contribution is 5.43. The number of rotatable bonds is 21. The van der Waals surface area contributed by atoms with Gasteiger partial charge in [-0.05, 0) is 94.3 Å². The largest absolute Gasteiger partial charge is 0.494 e. The van der Waals surface area contributed by atoms with E-state index in [2.05, 4.69) is 55.3 Å². The number of benzene rings is 2. The fourth-order valence-corrected chi connectivity index (χ4v) is 4.84. The summed E-state index contributed by atoms with van der Waals surface area (Å²) in [5.74, 6) is 0.883. The summed E-state index contributed by atoms with van der Waals surface area (Å²) in [6, 6.07) is 16.3. The molecule has 0 bridgehead atoms. The maximum absolute atomic E-state index is 9.36. The van der Waals surface area contributed by atoms with E-state index in [0.717, 1.165) is 67.2 Å². The van der Waals surface area contributed by atoms with Gasteiger partial charge < -0.3 is 14.3 Å². The number of ether oxygens (including phenoxy) is 1. The van der Waals surface area contributed by atoms with Crippen LogP contribution in [0.3, 0.4) is 0 Å². The first-order chi connectivity index (χ1) is 18.1. The van der Waals surface area contributed by atoms with E-state index < -0.39 is 0 Å². The molecule has 0 saturated carbocycles. The van der Waals surface area contributed by atoms with Crippen molar-refractivity contribution in [2.24, 2.45) is 10.2 Å². The molecule has 0 saturated heterocycles. The minimum atomic E-state index is 0.280. The van der Waals surface area contributed by atoms with Crippen LogP contribution in [0.4, 0.5) is 11.4 Å². The molecule has 0 aliphatic heterocycles. The third-order valence-electron chi connectivity index (χ3n) is 7.58. The standard InChI is InChI=1S/C32H52N3O2/c1-4-7-8-9-10-13-16-29-17-19-30(20-18-29)33-34-31-21-23-32(24-22-31)37-28-15-12-11-14-25-35(5-2,6-3)26-27-36/h17-24,36H,4-16,25-28H2,1-3H3/q+1. The van der Waals surface area contributed by atoms with Gasteiger partial charge in [-0.1, -0.05) is 51.2 Å². The van der Waals surface area contributed by atoms with Crippen LogP contribution in [0.25, 0.3) is 0 Å². The van der Waals surface area contributed by atoms with Crippen molar-refractivity contribution in [2.75, 3.05) is 39.4 Å². The van der Waals surface area contributed by atoms with Crippen molar-refractivity contribution in [3.63, 3.8) is 0 Å². The summed E-state index contributed by atoms with van der Waals surface area (Å²) in [6.45, 7) is 12.0. The van der Waals surface area contributed by atoms with E-state index in [1.807, 2.05) is 24.3 Å². The Morgan fingerprint density at radius 3 is 1.84 bits per heavy atom. The lowest BCUT2D eigenvalue weighted by Crippen LogP contribution is -2.50. The van der Waals surface area contributed by atoms with Gasteiger partial charge in [0.15, 0.2) is 0 Å². The Bertz CT molecular complexity index is 845. The second-order valence-electron chi connectivity index (χ2n) is 10.3. The predicted molar refractivity (Wildman–Crippen MR) is 156 cm³/mol. The van der Waals surface area contributed by atoms with Crippen LogP contribution in [0.15, 0.2) is 58.8 Å². The molecule has 37 heavy (non-hydrogen) atoms. The molecular weight excluding hydrogens is 458 g/mol. The predicted octanol–water partition coefficient (Wildman–Crippen LogP) is 8.79. The molecule has 0 heterocycles. The topological polar surface area (TPSA) is 54.2 Å². The average Bonchev–Trinajstić information content (AvgIpc) is 2.94. The fraction of sp³-hybridized carbons (Fsp3) is 0.625. The zero-order valence-corrected chi connectivity index (χ0v) is 23.8. The smallest absolute Gasteiger partial charge is 0.119 e. The Kier molecular flexibility index (Phi) is 15.8. The van der Waals surface area contributed by atoms with E-state index >= 15 is 0 Å². The van der Waals surface area contributed by atoms with E-state index in [1.165, 1.54) is 63.4 Å². The molecular formula is C32H52N3O2+. The summed E-state index contributed by atoms with van der Waals surface area (Å²) >= 11 is 0. The molecule has 2 aromatic rings.